The number of ketones is 2. The predicted octanol–water partition coefficient (Wildman–Crippen LogP) is 3.35. The highest BCUT2D eigenvalue weighted by atomic mass is 16.5. The minimum atomic E-state index is -0.212. The predicted molar refractivity (Wildman–Crippen MR) is 91.8 cm³/mol. The molecule has 0 aliphatic rings. The van der Waals surface area contributed by atoms with Crippen LogP contribution in [0.15, 0.2) is 36.4 Å². The molecule has 0 bridgehead atoms. The average Bonchev–Trinajstić information content (AvgIpc) is 2.54. The van der Waals surface area contributed by atoms with Gasteiger partial charge in [-0.1, -0.05) is 0 Å². The SMILES string of the molecule is CC(=O)c1ccc(OCCCOc2ccc(C(C)=O)c(O)c2)cc1O. The first-order chi connectivity index (χ1) is 11.9. The molecule has 0 radical (unpaired) electrons. The van der Waals surface area contributed by atoms with E-state index in [0.29, 0.717) is 31.1 Å². The molecule has 0 aliphatic heterocycles. The van der Waals surface area contributed by atoms with Gasteiger partial charge in [0.15, 0.2) is 11.6 Å². The van der Waals surface area contributed by atoms with Crippen molar-refractivity contribution in [3.05, 3.63) is 47.5 Å². The van der Waals surface area contributed by atoms with Gasteiger partial charge in [-0.2, -0.15) is 0 Å². The molecular weight excluding hydrogens is 324 g/mol. The van der Waals surface area contributed by atoms with Gasteiger partial charge in [-0.25, -0.2) is 0 Å². The van der Waals surface area contributed by atoms with Gasteiger partial charge in [0, 0.05) is 18.6 Å². The number of Topliss-reactive ketones (excluding diaryl/α,β-unsaturated/α-hetero) is 2. The van der Waals surface area contributed by atoms with E-state index in [2.05, 4.69) is 0 Å². The molecule has 0 spiro atoms. The van der Waals surface area contributed by atoms with E-state index in [9.17, 15) is 19.8 Å². The van der Waals surface area contributed by atoms with E-state index in [1.54, 1.807) is 12.1 Å². The summed E-state index contributed by atoms with van der Waals surface area (Å²) in [4.78, 5) is 22.5. The molecule has 2 aromatic rings. The van der Waals surface area contributed by atoms with Gasteiger partial charge in [0.05, 0.1) is 24.3 Å². The highest BCUT2D eigenvalue weighted by Crippen LogP contribution is 2.25. The van der Waals surface area contributed by atoms with Crippen LogP contribution in [-0.4, -0.2) is 35.0 Å². The Morgan fingerprint density at radius 1 is 0.800 bits per heavy atom. The Morgan fingerprint density at radius 2 is 1.20 bits per heavy atom. The lowest BCUT2D eigenvalue weighted by Gasteiger charge is -2.10. The monoisotopic (exact) mass is 344 g/mol. The van der Waals surface area contributed by atoms with Crippen LogP contribution in [0.4, 0.5) is 0 Å². The summed E-state index contributed by atoms with van der Waals surface area (Å²) in [5.74, 6) is 0.287. The number of aromatic hydroxyl groups is 2. The Morgan fingerprint density at radius 3 is 1.52 bits per heavy atom. The molecule has 2 N–H and O–H groups in total. The maximum absolute atomic E-state index is 11.2. The van der Waals surface area contributed by atoms with E-state index in [-0.39, 0.29) is 34.2 Å². The van der Waals surface area contributed by atoms with Gasteiger partial charge < -0.3 is 19.7 Å². The Kier molecular flexibility index (Phi) is 6.00. The van der Waals surface area contributed by atoms with Gasteiger partial charge in [0.2, 0.25) is 0 Å². The zero-order chi connectivity index (χ0) is 18.4. The Hall–Kier alpha value is -3.02. The van der Waals surface area contributed by atoms with Crippen LogP contribution in [0.3, 0.4) is 0 Å². The summed E-state index contributed by atoms with van der Waals surface area (Å²) in [5, 5.41) is 19.5. The van der Waals surface area contributed by atoms with E-state index in [4.69, 9.17) is 9.47 Å². The zero-order valence-corrected chi connectivity index (χ0v) is 14.1. The number of phenols is 2. The summed E-state index contributed by atoms with van der Waals surface area (Å²) in [5.41, 5.74) is 0.508. The van der Waals surface area contributed by atoms with Gasteiger partial charge in [0.1, 0.15) is 23.0 Å². The molecule has 6 nitrogen and oxygen atoms in total. The number of ether oxygens (including phenoxy) is 2. The molecule has 0 heterocycles. The van der Waals surface area contributed by atoms with Crippen molar-refractivity contribution in [3.8, 4) is 23.0 Å². The topological polar surface area (TPSA) is 93.1 Å². The van der Waals surface area contributed by atoms with E-state index in [0.717, 1.165) is 0 Å². The number of benzene rings is 2. The third-order valence-electron chi connectivity index (χ3n) is 3.52. The van der Waals surface area contributed by atoms with Crippen LogP contribution in [0.25, 0.3) is 0 Å². The second-order valence-electron chi connectivity index (χ2n) is 5.52. The first-order valence-electron chi connectivity index (χ1n) is 7.82. The molecule has 0 aliphatic carbocycles. The molecule has 0 saturated heterocycles. The second kappa shape index (κ2) is 8.19. The Bertz CT molecular complexity index is 716. The third-order valence-corrected chi connectivity index (χ3v) is 3.52. The summed E-state index contributed by atoms with van der Waals surface area (Å²) >= 11 is 0. The van der Waals surface area contributed by atoms with Crippen molar-refractivity contribution in [1.82, 2.24) is 0 Å². The van der Waals surface area contributed by atoms with Crippen molar-refractivity contribution in [2.45, 2.75) is 20.3 Å². The molecule has 0 atom stereocenters. The van der Waals surface area contributed by atoms with Gasteiger partial charge in [-0.3, -0.25) is 9.59 Å². The second-order valence-corrected chi connectivity index (χ2v) is 5.52. The average molecular weight is 344 g/mol. The molecule has 0 amide bonds. The number of rotatable bonds is 8. The minimum Gasteiger partial charge on any atom is -0.507 e. The first kappa shape index (κ1) is 18.3. The van der Waals surface area contributed by atoms with Crippen LogP contribution in [0.2, 0.25) is 0 Å². The number of carbonyl (C=O) groups is 2. The quantitative estimate of drug-likeness (QED) is 0.563. The number of phenolic OH excluding ortho intramolecular Hbond substituents is 2. The standard InChI is InChI=1S/C19H20O6/c1-12(20)16-6-4-14(10-18(16)22)24-8-3-9-25-15-5-7-17(13(2)21)19(23)11-15/h4-7,10-11,22-23H,3,8-9H2,1-2H3. The summed E-state index contributed by atoms with van der Waals surface area (Å²) in [6.45, 7) is 3.48. The molecule has 0 saturated carbocycles. The van der Waals surface area contributed by atoms with Crippen molar-refractivity contribution in [1.29, 1.82) is 0 Å². The van der Waals surface area contributed by atoms with Crippen LogP contribution in [0.1, 0.15) is 41.0 Å². The maximum atomic E-state index is 11.2. The fraction of sp³-hybridized carbons (Fsp3) is 0.263. The van der Waals surface area contributed by atoms with Gasteiger partial charge in [-0.15, -0.1) is 0 Å². The van der Waals surface area contributed by atoms with E-state index in [1.807, 2.05) is 0 Å². The van der Waals surface area contributed by atoms with Crippen LogP contribution >= 0.6 is 0 Å². The lowest BCUT2D eigenvalue weighted by molar-refractivity contribution is 0.100. The van der Waals surface area contributed by atoms with E-state index >= 15 is 0 Å². The number of hydrogen-bond acceptors (Lipinski definition) is 6. The molecule has 0 aromatic heterocycles. The van der Waals surface area contributed by atoms with Crippen molar-refractivity contribution in [2.75, 3.05) is 13.2 Å². The van der Waals surface area contributed by atoms with Crippen LogP contribution < -0.4 is 9.47 Å². The van der Waals surface area contributed by atoms with Gasteiger partial charge in [-0.05, 0) is 38.1 Å². The molecule has 2 rings (SSSR count). The minimum absolute atomic E-state index is 0.109. The first-order valence-corrected chi connectivity index (χ1v) is 7.82. The highest BCUT2D eigenvalue weighted by Gasteiger charge is 2.08. The molecule has 132 valence electrons. The smallest absolute Gasteiger partial charge is 0.163 e. The van der Waals surface area contributed by atoms with Crippen LogP contribution in [-0.2, 0) is 0 Å². The van der Waals surface area contributed by atoms with Crippen LogP contribution in [0.5, 0.6) is 23.0 Å². The van der Waals surface area contributed by atoms with Crippen LogP contribution in [0, 0.1) is 0 Å². The summed E-state index contributed by atoms with van der Waals surface area (Å²) in [6.07, 6.45) is 0.574. The zero-order valence-electron chi connectivity index (χ0n) is 14.1. The van der Waals surface area contributed by atoms with E-state index < -0.39 is 0 Å². The fourth-order valence-corrected chi connectivity index (χ4v) is 2.24. The molecule has 0 fully saturated rings. The third kappa shape index (κ3) is 4.97. The molecule has 2 aromatic carbocycles. The largest absolute Gasteiger partial charge is 0.507 e. The molecule has 0 unspecified atom stereocenters. The highest BCUT2D eigenvalue weighted by molar-refractivity contribution is 5.97. The van der Waals surface area contributed by atoms with Gasteiger partial charge in [0.25, 0.3) is 0 Å². The van der Waals surface area contributed by atoms with Crippen molar-refractivity contribution >= 4 is 11.6 Å². The molecular formula is C19H20O6. The lowest BCUT2D eigenvalue weighted by Crippen LogP contribution is -2.05. The van der Waals surface area contributed by atoms with Crippen molar-refractivity contribution in [2.24, 2.45) is 0 Å². The number of hydrogen-bond donors (Lipinski definition) is 2. The Labute approximate surface area is 145 Å². The Balaban J connectivity index is 1.78. The summed E-state index contributed by atoms with van der Waals surface area (Å²) in [6, 6.07) is 9.07. The normalized spacial score (nSPS) is 10.3. The lowest BCUT2D eigenvalue weighted by atomic mass is 10.1. The number of carbonyl (C=O) groups excluding carboxylic acids is 2. The van der Waals surface area contributed by atoms with Gasteiger partial charge >= 0.3 is 0 Å². The summed E-state index contributed by atoms with van der Waals surface area (Å²) in [7, 11) is 0. The molecule has 6 heteroatoms. The summed E-state index contributed by atoms with van der Waals surface area (Å²) < 4.78 is 11.0. The van der Waals surface area contributed by atoms with E-state index in [1.165, 1.54) is 38.1 Å². The molecule has 25 heavy (non-hydrogen) atoms. The maximum Gasteiger partial charge on any atom is 0.163 e. The van der Waals surface area contributed by atoms with Crippen molar-refractivity contribution in [3.63, 3.8) is 0 Å². The fourth-order valence-electron chi connectivity index (χ4n) is 2.24. The van der Waals surface area contributed by atoms with Crippen molar-refractivity contribution < 1.29 is 29.3 Å².